The molecule has 3 saturated heterocycles. The monoisotopic (exact) mass is 846 g/mol. The molecule has 3 aromatic rings. The minimum atomic E-state index is -0.618. The first-order chi connectivity index (χ1) is 29.7. The van der Waals surface area contributed by atoms with Crippen LogP contribution < -0.4 is 10.6 Å². The predicted octanol–water partition coefficient (Wildman–Crippen LogP) is 6.75. The van der Waals surface area contributed by atoms with E-state index in [0.717, 1.165) is 118 Å². The van der Waals surface area contributed by atoms with Crippen LogP contribution in [-0.2, 0) is 25.7 Å². The number of amides is 6. The number of fused-ring (bicyclic) bond motifs is 1. The van der Waals surface area contributed by atoms with Crippen LogP contribution in [0, 0.1) is 5.92 Å². The number of imide groups is 1. The summed E-state index contributed by atoms with van der Waals surface area (Å²) in [4.78, 5) is 86.4. The highest BCUT2D eigenvalue weighted by molar-refractivity contribution is 7.99. The fourth-order valence-corrected chi connectivity index (χ4v) is 10.1. The summed E-state index contributed by atoms with van der Waals surface area (Å²) in [5.41, 5.74) is 4.45. The first-order valence-electron chi connectivity index (χ1n) is 22.2. The molecule has 322 valence electrons. The molecule has 5 heterocycles. The number of carbonyl (C=O) groups is 6. The zero-order valence-electron chi connectivity index (χ0n) is 35.0. The second-order valence-corrected chi connectivity index (χ2v) is 17.9. The van der Waals surface area contributed by atoms with Gasteiger partial charge in [0.1, 0.15) is 6.04 Å². The van der Waals surface area contributed by atoms with E-state index in [-0.39, 0.29) is 36.0 Å². The third-order valence-electron chi connectivity index (χ3n) is 12.7. The number of unbranched alkanes of at least 4 members (excludes halogenated alkanes) is 3. The Morgan fingerprint density at radius 1 is 0.836 bits per heavy atom. The molecular formula is C48H58N6O6S. The number of nitrogens with zero attached hydrogens (tertiary/aromatic N) is 4. The lowest BCUT2D eigenvalue weighted by atomic mass is 9.88. The highest BCUT2D eigenvalue weighted by atomic mass is 32.2. The summed E-state index contributed by atoms with van der Waals surface area (Å²) in [6.07, 6.45) is 17.6. The van der Waals surface area contributed by atoms with Crippen molar-refractivity contribution in [1.29, 1.82) is 0 Å². The fourth-order valence-electron chi connectivity index (χ4n) is 9.03. The zero-order chi connectivity index (χ0) is 42.6. The molecule has 12 nitrogen and oxygen atoms in total. The maximum Gasteiger partial charge on any atom is 0.255 e. The molecule has 7 rings (SSSR count). The van der Waals surface area contributed by atoms with Crippen LogP contribution in [0.5, 0.6) is 0 Å². The average molecular weight is 847 g/mol. The SMILES string of the molecule is O=C(/C=C/c1cccnc1)NCCCCC1CCN(C(=O)c2ccc(C3CCN(C(=O)CCCCCSc4cccc5c4CN(C4CCC(=O)NC4=O)C5=O)CC3)cc2)CC1. The molecule has 0 radical (unpaired) electrons. The van der Waals surface area contributed by atoms with Crippen molar-refractivity contribution in [3.8, 4) is 0 Å². The lowest BCUT2D eigenvalue weighted by molar-refractivity contribution is -0.137. The molecule has 3 fully saturated rings. The Morgan fingerprint density at radius 2 is 1.62 bits per heavy atom. The van der Waals surface area contributed by atoms with Gasteiger partial charge in [0.2, 0.25) is 23.6 Å². The molecule has 13 heteroatoms. The van der Waals surface area contributed by atoms with Crippen molar-refractivity contribution in [3.05, 3.63) is 101 Å². The third kappa shape index (κ3) is 11.8. The Morgan fingerprint density at radius 3 is 2.38 bits per heavy atom. The summed E-state index contributed by atoms with van der Waals surface area (Å²) in [6.45, 7) is 4.09. The molecule has 1 atom stereocenters. The molecule has 0 saturated carbocycles. The van der Waals surface area contributed by atoms with Gasteiger partial charge in [0, 0.05) is 86.6 Å². The molecular weight excluding hydrogens is 789 g/mol. The van der Waals surface area contributed by atoms with Crippen molar-refractivity contribution in [1.82, 2.24) is 30.3 Å². The number of rotatable bonds is 17. The second-order valence-electron chi connectivity index (χ2n) is 16.8. The summed E-state index contributed by atoms with van der Waals surface area (Å²) in [5.74, 6) is 1.25. The molecule has 61 heavy (non-hydrogen) atoms. The Kier molecular flexibility index (Phi) is 15.4. The number of thioether (sulfide) groups is 1. The number of benzene rings is 2. The van der Waals surface area contributed by atoms with Crippen LogP contribution >= 0.6 is 11.8 Å². The number of hydrogen-bond acceptors (Lipinski definition) is 8. The van der Waals surface area contributed by atoms with Crippen LogP contribution in [0.4, 0.5) is 0 Å². The number of nitrogens with one attached hydrogen (secondary N) is 2. The molecule has 0 bridgehead atoms. The molecule has 1 aromatic heterocycles. The first-order valence-corrected chi connectivity index (χ1v) is 23.1. The molecule has 2 N–H and O–H groups in total. The van der Waals surface area contributed by atoms with Gasteiger partial charge >= 0.3 is 0 Å². The maximum absolute atomic E-state index is 13.4. The van der Waals surface area contributed by atoms with Crippen LogP contribution in [-0.4, -0.2) is 99.6 Å². The van der Waals surface area contributed by atoms with E-state index in [2.05, 4.69) is 27.8 Å². The van der Waals surface area contributed by atoms with E-state index in [1.807, 2.05) is 52.3 Å². The van der Waals surface area contributed by atoms with Crippen LogP contribution in [0.15, 0.2) is 78.0 Å². The minimum Gasteiger partial charge on any atom is -0.353 e. The smallest absolute Gasteiger partial charge is 0.255 e. The highest BCUT2D eigenvalue weighted by Crippen LogP contribution is 2.35. The van der Waals surface area contributed by atoms with Gasteiger partial charge in [-0.25, -0.2) is 0 Å². The largest absolute Gasteiger partial charge is 0.353 e. The molecule has 0 aliphatic carbocycles. The van der Waals surface area contributed by atoms with Gasteiger partial charge in [0.25, 0.3) is 11.8 Å². The Balaban J connectivity index is 0.739. The standard InChI is InChI=1S/C48H58N6O6S/c55-43(19-13-35-9-7-25-49-32-35)50-26-4-3-8-34-21-27-53(28-22-34)47(59)38-16-14-36(15-17-38)37-23-29-52(30-24-37)45(57)12-2-1-5-31-61-42-11-6-10-39-40(42)33-54(48(39)60)41-18-20-44(56)51-46(41)58/h6-7,9-11,13-17,19,25,32,34,37,41H,1-5,8,12,18,20-24,26-31,33H2,(H,50,55)(H,51,56,58)/b19-13+. The van der Waals surface area contributed by atoms with Gasteiger partial charge in [-0.05, 0) is 122 Å². The van der Waals surface area contributed by atoms with E-state index in [4.69, 9.17) is 0 Å². The quantitative estimate of drug-likeness (QED) is 0.0656. The number of likely N-dealkylation sites (tertiary alicyclic amines) is 2. The Bertz CT molecular complexity index is 2060. The minimum absolute atomic E-state index is 0.0909. The molecule has 6 amide bonds. The normalized spacial score (nSPS) is 18.7. The van der Waals surface area contributed by atoms with Crippen LogP contribution in [0.3, 0.4) is 0 Å². The average Bonchev–Trinajstić information content (AvgIpc) is 3.63. The van der Waals surface area contributed by atoms with Gasteiger partial charge in [-0.3, -0.25) is 39.1 Å². The van der Waals surface area contributed by atoms with Crippen molar-refractivity contribution in [2.24, 2.45) is 5.92 Å². The molecule has 1 unspecified atom stereocenters. The number of aromatic nitrogens is 1. The summed E-state index contributed by atoms with van der Waals surface area (Å²) in [6, 6.07) is 17.0. The van der Waals surface area contributed by atoms with Gasteiger partial charge in [-0.15, -0.1) is 11.8 Å². The van der Waals surface area contributed by atoms with Gasteiger partial charge < -0.3 is 20.0 Å². The van der Waals surface area contributed by atoms with Crippen molar-refractivity contribution < 1.29 is 28.8 Å². The number of hydrogen-bond donors (Lipinski definition) is 2. The van der Waals surface area contributed by atoms with Gasteiger partial charge in [0.05, 0.1) is 0 Å². The molecule has 2 aromatic carbocycles. The first kappa shape index (κ1) is 43.8. The van der Waals surface area contributed by atoms with Crippen LogP contribution in [0.2, 0.25) is 0 Å². The van der Waals surface area contributed by atoms with Crippen molar-refractivity contribution in [2.75, 3.05) is 38.5 Å². The number of carbonyl (C=O) groups excluding carboxylic acids is 6. The fraction of sp³-hybridized carbons (Fsp3) is 0.479. The predicted molar refractivity (Wildman–Crippen MR) is 235 cm³/mol. The van der Waals surface area contributed by atoms with Crippen molar-refractivity contribution in [3.63, 3.8) is 0 Å². The summed E-state index contributed by atoms with van der Waals surface area (Å²) in [7, 11) is 0. The lowest BCUT2D eigenvalue weighted by Crippen LogP contribution is -2.52. The summed E-state index contributed by atoms with van der Waals surface area (Å²) < 4.78 is 0. The van der Waals surface area contributed by atoms with E-state index in [1.54, 1.807) is 41.2 Å². The van der Waals surface area contributed by atoms with E-state index in [9.17, 15) is 28.8 Å². The van der Waals surface area contributed by atoms with Crippen molar-refractivity contribution >= 4 is 53.3 Å². The highest BCUT2D eigenvalue weighted by Gasteiger charge is 2.40. The Hall–Kier alpha value is -5.30. The Labute approximate surface area is 363 Å². The molecule has 4 aliphatic rings. The van der Waals surface area contributed by atoms with E-state index in [1.165, 1.54) is 5.56 Å². The summed E-state index contributed by atoms with van der Waals surface area (Å²) in [5, 5.41) is 5.32. The van der Waals surface area contributed by atoms with Gasteiger partial charge in [0.15, 0.2) is 0 Å². The van der Waals surface area contributed by atoms with Crippen molar-refractivity contribution in [2.45, 2.75) is 107 Å². The van der Waals surface area contributed by atoms with Crippen LogP contribution in [0.25, 0.3) is 6.08 Å². The maximum atomic E-state index is 13.4. The third-order valence-corrected chi connectivity index (χ3v) is 13.8. The lowest BCUT2D eigenvalue weighted by Gasteiger charge is -2.33. The zero-order valence-corrected chi connectivity index (χ0v) is 35.8. The van der Waals surface area contributed by atoms with Crippen LogP contribution in [0.1, 0.15) is 127 Å². The second kappa shape index (κ2) is 21.5. The van der Waals surface area contributed by atoms with E-state index in [0.29, 0.717) is 43.3 Å². The molecule has 0 spiro atoms. The summed E-state index contributed by atoms with van der Waals surface area (Å²) >= 11 is 1.72. The van der Waals surface area contributed by atoms with Gasteiger partial charge in [-0.2, -0.15) is 0 Å². The van der Waals surface area contributed by atoms with Gasteiger partial charge in [-0.1, -0.05) is 43.5 Å². The topological polar surface area (TPSA) is 149 Å². The van der Waals surface area contributed by atoms with E-state index >= 15 is 0 Å². The molecule has 4 aliphatic heterocycles. The number of pyridine rings is 1. The number of piperidine rings is 3. The van der Waals surface area contributed by atoms with E-state index < -0.39 is 11.9 Å².